The Morgan fingerprint density at radius 1 is 1.18 bits per heavy atom. The fraction of sp³-hybridized carbons (Fsp3) is 0.538. The third-order valence-electron chi connectivity index (χ3n) is 3.56. The van der Waals surface area contributed by atoms with Gasteiger partial charge in [-0.15, -0.1) is 0 Å². The maximum absolute atomic E-state index is 13.1. The quantitative estimate of drug-likeness (QED) is 0.627. The Hall–Kier alpha value is -1.00. The lowest BCUT2D eigenvalue weighted by atomic mass is 9.92. The predicted molar refractivity (Wildman–Crippen MR) is 63.1 cm³/mol. The minimum atomic E-state index is -0.526. The molecule has 2 rings (SSSR count). The van der Waals surface area contributed by atoms with Gasteiger partial charge < -0.3 is 0 Å². The van der Waals surface area contributed by atoms with Crippen molar-refractivity contribution in [2.24, 2.45) is 11.8 Å². The lowest BCUT2D eigenvalue weighted by molar-refractivity contribution is 0.360. The topological polar surface area (TPSA) is 38.0 Å². The summed E-state index contributed by atoms with van der Waals surface area (Å²) in [7, 11) is 0. The van der Waals surface area contributed by atoms with Gasteiger partial charge in [-0.2, -0.15) is 0 Å². The van der Waals surface area contributed by atoms with E-state index in [-0.39, 0.29) is 6.04 Å². The largest absolute Gasteiger partial charge is 0.271 e. The molecule has 0 spiro atoms. The van der Waals surface area contributed by atoms with Gasteiger partial charge in [-0.3, -0.25) is 11.3 Å². The van der Waals surface area contributed by atoms with Crippen LogP contribution in [-0.2, 0) is 6.42 Å². The van der Waals surface area contributed by atoms with E-state index in [0.717, 1.165) is 18.9 Å². The fourth-order valence-electron chi connectivity index (χ4n) is 2.70. The van der Waals surface area contributed by atoms with Crippen molar-refractivity contribution in [3.63, 3.8) is 0 Å². The molecule has 0 heterocycles. The molecular weight excluding hydrogens is 222 g/mol. The van der Waals surface area contributed by atoms with Crippen LogP contribution in [0.5, 0.6) is 0 Å². The first-order valence-electron chi connectivity index (χ1n) is 6.10. The standard InChI is InChI=1S/C13H18F2N2/c14-11-5-9(6-12(15)8-11)7-13(17-16)10-3-1-2-4-10/h5-6,8,10,13,17H,1-4,7,16H2. The molecule has 1 saturated carbocycles. The molecule has 1 unspecified atom stereocenters. The van der Waals surface area contributed by atoms with Gasteiger partial charge in [0.1, 0.15) is 11.6 Å². The SMILES string of the molecule is NNC(Cc1cc(F)cc(F)c1)C1CCCC1. The van der Waals surface area contributed by atoms with Crippen LogP contribution in [0.2, 0.25) is 0 Å². The van der Waals surface area contributed by atoms with Crippen LogP contribution in [0, 0.1) is 17.6 Å². The first-order chi connectivity index (χ1) is 8.19. The molecular formula is C13H18F2N2. The molecule has 1 atom stereocenters. The van der Waals surface area contributed by atoms with E-state index in [1.807, 2.05) is 0 Å². The molecule has 0 saturated heterocycles. The van der Waals surface area contributed by atoms with E-state index in [9.17, 15) is 8.78 Å². The zero-order chi connectivity index (χ0) is 12.3. The summed E-state index contributed by atoms with van der Waals surface area (Å²) in [5.74, 6) is 5.01. The van der Waals surface area contributed by atoms with E-state index in [4.69, 9.17) is 5.84 Å². The predicted octanol–water partition coefficient (Wildman–Crippen LogP) is 2.53. The second-order valence-corrected chi connectivity index (χ2v) is 4.80. The van der Waals surface area contributed by atoms with Gasteiger partial charge in [0.15, 0.2) is 0 Å². The van der Waals surface area contributed by atoms with E-state index >= 15 is 0 Å². The summed E-state index contributed by atoms with van der Waals surface area (Å²) in [6.07, 6.45) is 5.32. The van der Waals surface area contributed by atoms with E-state index in [1.165, 1.54) is 25.0 Å². The molecule has 3 N–H and O–H groups in total. The van der Waals surface area contributed by atoms with Crippen molar-refractivity contribution in [1.82, 2.24) is 5.43 Å². The summed E-state index contributed by atoms with van der Waals surface area (Å²) in [5.41, 5.74) is 3.45. The van der Waals surface area contributed by atoms with Crippen molar-refractivity contribution in [1.29, 1.82) is 0 Å². The molecule has 1 aliphatic rings. The molecule has 0 aliphatic heterocycles. The van der Waals surface area contributed by atoms with Crippen LogP contribution in [0.25, 0.3) is 0 Å². The minimum absolute atomic E-state index is 0.110. The third kappa shape index (κ3) is 3.23. The van der Waals surface area contributed by atoms with Crippen molar-refractivity contribution in [3.05, 3.63) is 35.4 Å². The monoisotopic (exact) mass is 240 g/mol. The smallest absolute Gasteiger partial charge is 0.126 e. The zero-order valence-corrected chi connectivity index (χ0v) is 9.76. The molecule has 94 valence electrons. The number of nitrogens with one attached hydrogen (secondary N) is 1. The first-order valence-corrected chi connectivity index (χ1v) is 6.10. The number of nitrogens with two attached hydrogens (primary N) is 1. The molecule has 0 bridgehead atoms. The molecule has 0 amide bonds. The fourth-order valence-corrected chi connectivity index (χ4v) is 2.70. The summed E-state index contributed by atoms with van der Waals surface area (Å²) in [6, 6.07) is 3.76. The highest BCUT2D eigenvalue weighted by Crippen LogP contribution is 2.29. The van der Waals surface area contributed by atoms with E-state index in [1.54, 1.807) is 0 Å². The van der Waals surface area contributed by atoms with E-state index < -0.39 is 11.6 Å². The van der Waals surface area contributed by atoms with Gasteiger partial charge in [0.25, 0.3) is 0 Å². The van der Waals surface area contributed by atoms with Gasteiger partial charge in [0.05, 0.1) is 0 Å². The van der Waals surface area contributed by atoms with Gasteiger partial charge in [0.2, 0.25) is 0 Å². The molecule has 1 aromatic rings. The molecule has 2 nitrogen and oxygen atoms in total. The van der Waals surface area contributed by atoms with Gasteiger partial charge in [-0.1, -0.05) is 12.8 Å². The Labute approximate surface area is 100 Å². The van der Waals surface area contributed by atoms with Gasteiger partial charge in [0, 0.05) is 12.1 Å². The third-order valence-corrected chi connectivity index (χ3v) is 3.56. The summed E-state index contributed by atoms with van der Waals surface area (Å²) >= 11 is 0. The van der Waals surface area contributed by atoms with Crippen molar-refractivity contribution in [2.75, 3.05) is 0 Å². The lowest BCUT2D eigenvalue weighted by Gasteiger charge is -2.22. The lowest BCUT2D eigenvalue weighted by Crippen LogP contribution is -2.41. The van der Waals surface area contributed by atoms with Crippen LogP contribution in [0.3, 0.4) is 0 Å². The highest BCUT2D eigenvalue weighted by molar-refractivity contribution is 5.19. The van der Waals surface area contributed by atoms with Crippen LogP contribution in [-0.4, -0.2) is 6.04 Å². The maximum atomic E-state index is 13.1. The number of hydrogen-bond acceptors (Lipinski definition) is 2. The second-order valence-electron chi connectivity index (χ2n) is 4.80. The zero-order valence-electron chi connectivity index (χ0n) is 9.76. The molecule has 4 heteroatoms. The summed E-state index contributed by atoms with van der Waals surface area (Å²) in [4.78, 5) is 0. The maximum Gasteiger partial charge on any atom is 0.126 e. The molecule has 17 heavy (non-hydrogen) atoms. The number of rotatable bonds is 4. The molecule has 1 aromatic carbocycles. The van der Waals surface area contributed by atoms with Crippen LogP contribution >= 0.6 is 0 Å². The van der Waals surface area contributed by atoms with Crippen molar-refractivity contribution in [3.8, 4) is 0 Å². The average Bonchev–Trinajstić information content (AvgIpc) is 2.77. The van der Waals surface area contributed by atoms with E-state index in [2.05, 4.69) is 5.43 Å². The minimum Gasteiger partial charge on any atom is -0.271 e. The Bertz CT molecular complexity index is 355. The van der Waals surface area contributed by atoms with Crippen molar-refractivity contribution >= 4 is 0 Å². The molecule has 0 aromatic heterocycles. The Kier molecular flexibility index (Phi) is 4.07. The van der Waals surface area contributed by atoms with Gasteiger partial charge in [-0.25, -0.2) is 8.78 Å². The highest BCUT2D eigenvalue weighted by Gasteiger charge is 2.24. The van der Waals surface area contributed by atoms with Crippen molar-refractivity contribution in [2.45, 2.75) is 38.1 Å². The van der Waals surface area contributed by atoms with Gasteiger partial charge >= 0.3 is 0 Å². The number of benzene rings is 1. The average molecular weight is 240 g/mol. The molecule has 1 aliphatic carbocycles. The number of hydrogen-bond donors (Lipinski definition) is 2. The van der Waals surface area contributed by atoms with Crippen LogP contribution in [0.1, 0.15) is 31.2 Å². The normalized spacial score (nSPS) is 18.5. The Morgan fingerprint density at radius 3 is 2.29 bits per heavy atom. The van der Waals surface area contributed by atoms with Crippen LogP contribution in [0.4, 0.5) is 8.78 Å². The summed E-state index contributed by atoms with van der Waals surface area (Å²) in [6.45, 7) is 0. The molecule has 1 fully saturated rings. The van der Waals surface area contributed by atoms with Crippen LogP contribution < -0.4 is 11.3 Å². The van der Waals surface area contributed by atoms with Crippen LogP contribution in [0.15, 0.2) is 18.2 Å². The Morgan fingerprint density at radius 2 is 1.76 bits per heavy atom. The summed E-state index contributed by atoms with van der Waals surface area (Å²) < 4.78 is 26.1. The van der Waals surface area contributed by atoms with Gasteiger partial charge in [-0.05, 0) is 42.9 Å². The second kappa shape index (κ2) is 5.56. The highest BCUT2D eigenvalue weighted by atomic mass is 19.1. The summed E-state index contributed by atoms with van der Waals surface area (Å²) in [5, 5.41) is 0. The van der Waals surface area contributed by atoms with E-state index in [0.29, 0.717) is 17.9 Å². The number of halogens is 2. The number of hydrazine groups is 1. The Balaban J connectivity index is 2.06. The molecule has 0 radical (unpaired) electrons. The first kappa shape index (κ1) is 12.5. The van der Waals surface area contributed by atoms with Crippen molar-refractivity contribution < 1.29 is 8.78 Å².